The highest BCUT2D eigenvalue weighted by Gasteiger charge is 2.72. The Balaban J connectivity index is 2.64. The molecule has 0 amide bonds. The maximum absolute atomic E-state index is 13.0. The van der Waals surface area contributed by atoms with E-state index in [2.05, 4.69) is 0 Å². The number of halogens is 6. The molecule has 0 saturated carbocycles. The fraction of sp³-hybridized carbons (Fsp3) is 0.200. The van der Waals surface area contributed by atoms with Crippen LogP contribution in [0.15, 0.2) is 48.5 Å². The summed E-state index contributed by atoms with van der Waals surface area (Å²) >= 11 is 0. The molecule has 0 fully saturated rings. The van der Waals surface area contributed by atoms with Crippen molar-refractivity contribution in [2.75, 3.05) is 5.73 Å². The average Bonchev–Trinajstić information content (AvgIpc) is 2.45. The molecule has 2 aromatic carbocycles. The standard InChI is InChI=1S/C15H11F6NO2/c16-14(17,18)13(23,15(19,20)21)11-7-6-9(22)8-12(11)24-10-4-2-1-3-5-10/h1-8,23H,22H2. The number of nitrogens with two attached hydrogens (primary N) is 1. The zero-order valence-electron chi connectivity index (χ0n) is 11.8. The molecule has 9 heteroatoms. The van der Waals surface area contributed by atoms with E-state index in [1.54, 1.807) is 6.07 Å². The van der Waals surface area contributed by atoms with Crippen LogP contribution in [-0.2, 0) is 5.60 Å². The second-order valence-corrected chi connectivity index (χ2v) is 4.88. The molecule has 3 N–H and O–H groups in total. The fourth-order valence-electron chi connectivity index (χ4n) is 2.00. The van der Waals surface area contributed by atoms with Gasteiger partial charge in [-0.1, -0.05) is 18.2 Å². The molecule has 0 atom stereocenters. The van der Waals surface area contributed by atoms with Gasteiger partial charge in [0.05, 0.1) is 0 Å². The second kappa shape index (κ2) is 5.90. The predicted octanol–water partition coefficient (Wildman–Crippen LogP) is 4.37. The molecule has 2 rings (SSSR count). The first kappa shape index (κ1) is 17.9. The molecule has 0 aliphatic carbocycles. The number of alkyl halides is 6. The lowest BCUT2D eigenvalue weighted by atomic mass is 9.91. The number of benzene rings is 2. The topological polar surface area (TPSA) is 55.5 Å². The summed E-state index contributed by atoms with van der Waals surface area (Å²) in [5.41, 5.74) is -1.31. The van der Waals surface area contributed by atoms with Crippen LogP contribution in [0.4, 0.5) is 32.0 Å². The second-order valence-electron chi connectivity index (χ2n) is 4.88. The van der Waals surface area contributed by atoms with Crippen LogP contribution in [0.25, 0.3) is 0 Å². The Labute approximate surface area is 132 Å². The molecular weight excluding hydrogens is 340 g/mol. The van der Waals surface area contributed by atoms with E-state index < -0.39 is 29.3 Å². The normalized spacial score (nSPS) is 13.0. The summed E-state index contributed by atoms with van der Waals surface area (Å²) < 4.78 is 83.4. The Morgan fingerprint density at radius 1 is 0.833 bits per heavy atom. The van der Waals surface area contributed by atoms with Crippen LogP contribution in [0.1, 0.15) is 5.56 Å². The lowest BCUT2D eigenvalue weighted by Crippen LogP contribution is -2.54. The van der Waals surface area contributed by atoms with Gasteiger partial charge in [0, 0.05) is 17.3 Å². The summed E-state index contributed by atoms with van der Waals surface area (Å²) in [6.07, 6.45) is -12.0. The van der Waals surface area contributed by atoms with Gasteiger partial charge in [-0.05, 0) is 24.3 Å². The fourth-order valence-corrected chi connectivity index (χ4v) is 2.00. The van der Waals surface area contributed by atoms with Crippen LogP contribution >= 0.6 is 0 Å². The van der Waals surface area contributed by atoms with Gasteiger partial charge in [0.15, 0.2) is 0 Å². The minimum absolute atomic E-state index is 0.0175. The van der Waals surface area contributed by atoms with Crippen molar-refractivity contribution in [3.8, 4) is 11.5 Å². The van der Waals surface area contributed by atoms with Gasteiger partial charge in [-0.25, -0.2) is 0 Å². The summed E-state index contributed by atoms with van der Waals surface area (Å²) in [4.78, 5) is 0. The van der Waals surface area contributed by atoms with Crippen molar-refractivity contribution in [1.29, 1.82) is 0 Å². The van der Waals surface area contributed by atoms with Crippen LogP contribution in [0.5, 0.6) is 11.5 Å². The van der Waals surface area contributed by atoms with Crippen LogP contribution in [0.2, 0.25) is 0 Å². The minimum Gasteiger partial charge on any atom is -0.457 e. The number of aliphatic hydroxyl groups is 1. The molecule has 0 saturated heterocycles. The number of para-hydroxylation sites is 1. The number of hydrogen-bond donors (Lipinski definition) is 2. The van der Waals surface area contributed by atoms with Gasteiger partial charge in [-0.3, -0.25) is 0 Å². The van der Waals surface area contributed by atoms with Gasteiger partial charge < -0.3 is 15.6 Å². The summed E-state index contributed by atoms with van der Waals surface area (Å²) in [7, 11) is 0. The maximum atomic E-state index is 13.0. The van der Waals surface area contributed by atoms with Gasteiger partial charge >= 0.3 is 12.4 Å². The molecule has 0 aliphatic heterocycles. The lowest BCUT2D eigenvalue weighted by Gasteiger charge is -2.33. The first-order valence-electron chi connectivity index (χ1n) is 6.45. The average molecular weight is 351 g/mol. The predicted molar refractivity (Wildman–Crippen MR) is 73.4 cm³/mol. The van der Waals surface area contributed by atoms with E-state index in [0.29, 0.717) is 6.07 Å². The lowest BCUT2D eigenvalue weighted by molar-refractivity contribution is -0.376. The number of hydrogen-bond acceptors (Lipinski definition) is 3. The molecule has 130 valence electrons. The zero-order valence-corrected chi connectivity index (χ0v) is 11.8. The molecule has 0 spiro atoms. The van der Waals surface area contributed by atoms with E-state index in [1.807, 2.05) is 0 Å². The van der Waals surface area contributed by atoms with Crippen molar-refractivity contribution in [3.05, 3.63) is 54.1 Å². The first-order chi connectivity index (χ1) is 11.0. The molecule has 0 heterocycles. The number of ether oxygens (including phenoxy) is 1. The molecular formula is C15H11F6NO2. The third-order valence-electron chi connectivity index (χ3n) is 3.19. The molecule has 24 heavy (non-hydrogen) atoms. The summed E-state index contributed by atoms with van der Waals surface area (Å²) in [5.74, 6) is -0.866. The third-order valence-corrected chi connectivity index (χ3v) is 3.19. The molecule has 0 aliphatic rings. The van der Waals surface area contributed by atoms with Crippen molar-refractivity contribution < 1.29 is 36.2 Å². The highest BCUT2D eigenvalue weighted by molar-refractivity contribution is 5.52. The Morgan fingerprint density at radius 3 is 1.88 bits per heavy atom. The Morgan fingerprint density at radius 2 is 1.38 bits per heavy atom. The van der Waals surface area contributed by atoms with Crippen LogP contribution in [-0.4, -0.2) is 17.5 Å². The van der Waals surface area contributed by atoms with Gasteiger partial charge in [0.1, 0.15) is 11.5 Å². The van der Waals surface area contributed by atoms with Crippen molar-refractivity contribution in [2.24, 2.45) is 0 Å². The van der Waals surface area contributed by atoms with Crippen molar-refractivity contribution in [3.63, 3.8) is 0 Å². The molecule has 2 aromatic rings. The maximum Gasteiger partial charge on any atom is 0.430 e. The number of rotatable bonds is 3. The van der Waals surface area contributed by atoms with Gasteiger partial charge in [-0.2, -0.15) is 26.3 Å². The Hall–Kier alpha value is -2.42. The SMILES string of the molecule is Nc1ccc(C(O)(C(F)(F)F)C(F)(F)F)c(Oc2ccccc2)c1. The van der Waals surface area contributed by atoms with E-state index >= 15 is 0 Å². The van der Waals surface area contributed by atoms with Gasteiger partial charge in [0.25, 0.3) is 5.60 Å². The van der Waals surface area contributed by atoms with Gasteiger partial charge in [-0.15, -0.1) is 0 Å². The van der Waals surface area contributed by atoms with E-state index in [4.69, 9.17) is 10.5 Å². The Kier molecular flexibility index (Phi) is 4.40. The number of anilines is 1. The summed E-state index contributed by atoms with van der Waals surface area (Å²) in [6, 6.07) is 9.21. The van der Waals surface area contributed by atoms with Crippen LogP contribution < -0.4 is 10.5 Å². The van der Waals surface area contributed by atoms with E-state index in [-0.39, 0.29) is 11.4 Å². The molecule has 0 bridgehead atoms. The molecule has 0 radical (unpaired) electrons. The highest BCUT2D eigenvalue weighted by atomic mass is 19.4. The van der Waals surface area contributed by atoms with E-state index in [9.17, 15) is 31.4 Å². The van der Waals surface area contributed by atoms with Crippen molar-refractivity contribution in [2.45, 2.75) is 18.0 Å². The van der Waals surface area contributed by atoms with E-state index in [0.717, 1.165) is 12.1 Å². The zero-order chi connectivity index (χ0) is 18.2. The Bertz CT molecular complexity index is 698. The quantitative estimate of drug-likeness (QED) is 0.638. The summed E-state index contributed by atoms with van der Waals surface area (Å²) in [6.45, 7) is 0. The van der Waals surface area contributed by atoms with Crippen molar-refractivity contribution in [1.82, 2.24) is 0 Å². The molecule has 3 nitrogen and oxygen atoms in total. The van der Waals surface area contributed by atoms with Gasteiger partial charge in [0.2, 0.25) is 0 Å². The molecule has 0 unspecified atom stereocenters. The van der Waals surface area contributed by atoms with Crippen LogP contribution in [0.3, 0.4) is 0 Å². The monoisotopic (exact) mass is 351 g/mol. The molecule has 0 aromatic heterocycles. The minimum atomic E-state index is -6.02. The first-order valence-corrected chi connectivity index (χ1v) is 6.45. The van der Waals surface area contributed by atoms with Crippen LogP contribution in [0, 0.1) is 0 Å². The third kappa shape index (κ3) is 3.12. The summed E-state index contributed by atoms with van der Waals surface area (Å²) in [5, 5.41) is 9.53. The smallest absolute Gasteiger partial charge is 0.430 e. The van der Waals surface area contributed by atoms with E-state index in [1.165, 1.54) is 24.3 Å². The number of nitrogen functional groups attached to an aromatic ring is 1. The highest BCUT2D eigenvalue weighted by Crippen LogP contribution is 2.53. The van der Waals surface area contributed by atoms with Crippen molar-refractivity contribution >= 4 is 5.69 Å². The largest absolute Gasteiger partial charge is 0.457 e.